The maximum Gasteiger partial charge on any atom is 0.319 e. The molecule has 0 aliphatic heterocycles. The van der Waals surface area contributed by atoms with Crippen LogP contribution in [0.25, 0.3) is 23.0 Å². The summed E-state index contributed by atoms with van der Waals surface area (Å²) in [6, 6.07) is 10.6. The van der Waals surface area contributed by atoms with Gasteiger partial charge in [0.1, 0.15) is 0 Å². The van der Waals surface area contributed by atoms with Crippen LogP contribution in [-0.4, -0.2) is 22.2 Å². The average Bonchev–Trinajstić information content (AvgIpc) is 3.24. The molecule has 0 aliphatic carbocycles. The molecule has 130 valence electrons. The molecule has 25 heavy (non-hydrogen) atoms. The van der Waals surface area contributed by atoms with Gasteiger partial charge in [0, 0.05) is 17.3 Å². The standard InChI is InChI=1S/C17H17BrN4O3/c1-3-10(2)19-17(23)20-12-6-4-11(5-7-12)15-21-16(25-22-15)13-8-9-14(18)24-13/h4-10H,3H2,1-2H3,(H2,19,20,23). The van der Waals surface area contributed by atoms with E-state index in [9.17, 15) is 4.79 Å². The van der Waals surface area contributed by atoms with Crippen LogP contribution < -0.4 is 10.6 Å². The molecule has 0 saturated carbocycles. The molecule has 3 aromatic rings. The van der Waals surface area contributed by atoms with E-state index in [1.165, 1.54) is 0 Å². The molecule has 0 radical (unpaired) electrons. The number of amides is 2. The Kier molecular flexibility index (Phi) is 5.18. The van der Waals surface area contributed by atoms with Crippen molar-refractivity contribution in [3.63, 3.8) is 0 Å². The maximum atomic E-state index is 11.8. The first-order valence-electron chi connectivity index (χ1n) is 7.82. The first-order chi connectivity index (χ1) is 12.0. The predicted molar refractivity (Wildman–Crippen MR) is 97.0 cm³/mol. The van der Waals surface area contributed by atoms with Gasteiger partial charge in [0.05, 0.1) is 0 Å². The molecule has 0 spiro atoms. The lowest BCUT2D eigenvalue weighted by Gasteiger charge is -2.12. The number of nitrogens with zero attached hydrogens (tertiary/aromatic N) is 2. The number of rotatable bonds is 5. The van der Waals surface area contributed by atoms with Gasteiger partial charge in [-0.2, -0.15) is 4.98 Å². The zero-order valence-electron chi connectivity index (χ0n) is 13.7. The molecule has 0 fully saturated rings. The van der Waals surface area contributed by atoms with Crippen molar-refractivity contribution < 1.29 is 13.7 Å². The summed E-state index contributed by atoms with van der Waals surface area (Å²) < 4.78 is 11.2. The van der Waals surface area contributed by atoms with Gasteiger partial charge in [-0.1, -0.05) is 12.1 Å². The Bertz CT molecular complexity index is 857. The van der Waals surface area contributed by atoms with Crippen molar-refractivity contribution in [3.05, 3.63) is 41.1 Å². The lowest BCUT2D eigenvalue weighted by Crippen LogP contribution is -2.35. The molecule has 8 heteroatoms. The van der Waals surface area contributed by atoms with Gasteiger partial charge in [0.15, 0.2) is 10.4 Å². The van der Waals surface area contributed by atoms with Crippen molar-refractivity contribution in [2.24, 2.45) is 0 Å². The van der Waals surface area contributed by atoms with Crippen LogP contribution in [0.3, 0.4) is 0 Å². The van der Waals surface area contributed by atoms with Crippen LogP contribution in [0.1, 0.15) is 20.3 Å². The van der Waals surface area contributed by atoms with Crippen molar-refractivity contribution in [2.75, 3.05) is 5.32 Å². The minimum atomic E-state index is -0.229. The number of hydrogen-bond acceptors (Lipinski definition) is 5. The van der Waals surface area contributed by atoms with Gasteiger partial charge in [-0.3, -0.25) is 0 Å². The first kappa shape index (κ1) is 17.2. The van der Waals surface area contributed by atoms with Crippen LogP contribution in [0.4, 0.5) is 10.5 Å². The molecule has 2 aromatic heterocycles. The van der Waals surface area contributed by atoms with E-state index in [-0.39, 0.29) is 12.1 Å². The highest BCUT2D eigenvalue weighted by Gasteiger charge is 2.14. The maximum absolute atomic E-state index is 11.8. The Morgan fingerprint density at radius 2 is 2.00 bits per heavy atom. The minimum absolute atomic E-state index is 0.124. The van der Waals surface area contributed by atoms with Crippen molar-refractivity contribution in [3.8, 4) is 23.0 Å². The number of anilines is 1. The third kappa shape index (κ3) is 4.27. The molecule has 2 amide bonds. The third-order valence-electron chi connectivity index (χ3n) is 3.60. The summed E-state index contributed by atoms with van der Waals surface area (Å²) in [5.41, 5.74) is 1.46. The van der Waals surface area contributed by atoms with Crippen LogP contribution in [-0.2, 0) is 0 Å². The highest BCUT2D eigenvalue weighted by Crippen LogP contribution is 2.26. The molecule has 0 saturated heterocycles. The third-order valence-corrected chi connectivity index (χ3v) is 4.03. The lowest BCUT2D eigenvalue weighted by atomic mass is 10.2. The molecule has 2 heterocycles. The van der Waals surface area contributed by atoms with Crippen LogP contribution in [0.15, 0.2) is 50.0 Å². The van der Waals surface area contributed by atoms with Crippen LogP contribution >= 0.6 is 15.9 Å². The normalized spacial score (nSPS) is 12.0. The van der Waals surface area contributed by atoms with Crippen LogP contribution in [0.2, 0.25) is 0 Å². The number of aromatic nitrogens is 2. The molecule has 2 N–H and O–H groups in total. The summed E-state index contributed by atoms with van der Waals surface area (Å²) in [6.07, 6.45) is 0.874. The smallest absolute Gasteiger partial charge is 0.319 e. The van der Waals surface area contributed by atoms with Crippen molar-refractivity contribution in [1.29, 1.82) is 0 Å². The number of furan rings is 1. The predicted octanol–water partition coefficient (Wildman–Crippen LogP) is 4.68. The largest absolute Gasteiger partial charge is 0.444 e. The van der Waals surface area contributed by atoms with Crippen molar-refractivity contribution >= 4 is 27.6 Å². The van der Waals surface area contributed by atoms with Crippen LogP contribution in [0.5, 0.6) is 0 Å². The van der Waals surface area contributed by atoms with Crippen molar-refractivity contribution in [1.82, 2.24) is 15.5 Å². The number of benzene rings is 1. The highest BCUT2D eigenvalue weighted by molar-refractivity contribution is 9.10. The molecular weight excluding hydrogens is 388 g/mol. The van der Waals surface area contributed by atoms with Gasteiger partial charge in [-0.25, -0.2) is 4.79 Å². The molecule has 7 nitrogen and oxygen atoms in total. The van der Waals surface area contributed by atoms with E-state index in [4.69, 9.17) is 8.94 Å². The van der Waals surface area contributed by atoms with Gasteiger partial charge in [-0.05, 0) is 65.7 Å². The molecule has 0 aliphatic rings. The van der Waals surface area contributed by atoms with E-state index < -0.39 is 0 Å². The number of urea groups is 1. The van der Waals surface area contributed by atoms with E-state index in [0.29, 0.717) is 27.8 Å². The number of halogens is 1. The molecule has 1 aromatic carbocycles. The monoisotopic (exact) mass is 404 g/mol. The first-order valence-corrected chi connectivity index (χ1v) is 8.62. The Labute approximate surface area is 152 Å². The number of nitrogens with one attached hydrogen (secondary N) is 2. The second-order valence-electron chi connectivity index (χ2n) is 5.51. The summed E-state index contributed by atoms with van der Waals surface area (Å²) in [4.78, 5) is 16.1. The van der Waals surface area contributed by atoms with E-state index in [1.807, 2.05) is 26.0 Å². The van der Waals surface area contributed by atoms with Gasteiger partial charge in [-0.15, -0.1) is 0 Å². The lowest BCUT2D eigenvalue weighted by molar-refractivity contribution is 0.249. The second-order valence-corrected chi connectivity index (χ2v) is 6.29. The second kappa shape index (κ2) is 7.52. The summed E-state index contributed by atoms with van der Waals surface area (Å²) in [6.45, 7) is 3.97. The van der Waals surface area contributed by atoms with Gasteiger partial charge >= 0.3 is 6.03 Å². The van der Waals surface area contributed by atoms with Gasteiger partial charge in [0.2, 0.25) is 5.82 Å². The Morgan fingerprint density at radius 1 is 1.24 bits per heavy atom. The van der Waals surface area contributed by atoms with E-state index >= 15 is 0 Å². The fourth-order valence-electron chi connectivity index (χ4n) is 2.07. The zero-order valence-corrected chi connectivity index (χ0v) is 15.3. The molecular formula is C17H17BrN4O3. The van der Waals surface area contributed by atoms with E-state index in [1.54, 1.807) is 24.3 Å². The van der Waals surface area contributed by atoms with Gasteiger partial charge in [0.25, 0.3) is 5.89 Å². The minimum Gasteiger partial charge on any atom is -0.444 e. The summed E-state index contributed by atoms with van der Waals surface area (Å²) in [5.74, 6) is 1.24. The average molecular weight is 405 g/mol. The van der Waals surface area contributed by atoms with E-state index in [0.717, 1.165) is 12.0 Å². The Morgan fingerprint density at radius 3 is 2.64 bits per heavy atom. The summed E-state index contributed by atoms with van der Waals surface area (Å²) >= 11 is 3.23. The SMILES string of the molecule is CCC(C)NC(=O)Nc1ccc(-c2noc(-c3ccc(Br)o3)n2)cc1. The molecule has 1 atom stereocenters. The Hall–Kier alpha value is -2.61. The quantitative estimate of drug-likeness (QED) is 0.643. The fraction of sp³-hybridized carbons (Fsp3) is 0.235. The Balaban J connectivity index is 1.68. The number of carbonyl (C=O) groups is 1. The molecule has 3 rings (SSSR count). The summed E-state index contributed by atoms with van der Waals surface area (Å²) in [7, 11) is 0. The molecule has 1 unspecified atom stereocenters. The van der Waals surface area contributed by atoms with E-state index in [2.05, 4.69) is 36.7 Å². The van der Waals surface area contributed by atoms with Crippen LogP contribution in [0, 0.1) is 0 Å². The highest BCUT2D eigenvalue weighted by atomic mass is 79.9. The number of hydrogen-bond donors (Lipinski definition) is 2. The fourth-order valence-corrected chi connectivity index (χ4v) is 2.37. The van der Waals surface area contributed by atoms with Crippen molar-refractivity contribution in [2.45, 2.75) is 26.3 Å². The zero-order chi connectivity index (χ0) is 17.8. The topological polar surface area (TPSA) is 93.2 Å². The number of carbonyl (C=O) groups excluding carboxylic acids is 1. The summed E-state index contributed by atoms with van der Waals surface area (Å²) in [5, 5.41) is 9.58. The molecule has 0 bridgehead atoms. The van der Waals surface area contributed by atoms with Gasteiger partial charge < -0.3 is 19.6 Å².